The Hall–Kier alpha value is -0.730. The predicted molar refractivity (Wildman–Crippen MR) is 47.5 cm³/mol. The fraction of sp³-hybridized carbons (Fsp3) is 0.500. The normalized spacial score (nSPS) is 9.25. The second-order valence-electron chi connectivity index (χ2n) is 1.75. The average molecular weight is 186 g/mol. The van der Waals surface area contributed by atoms with E-state index in [1.165, 1.54) is 14.2 Å². The van der Waals surface area contributed by atoms with Crippen LogP contribution in [0.15, 0.2) is 0 Å². The van der Waals surface area contributed by atoms with Crippen molar-refractivity contribution in [1.29, 1.82) is 0 Å². The molecule has 12 heavy (non-hydrogen) atoms. The Morgan fingerprint density at radius 3 is 2.25 bits per heavy atom. The highest BCUT2D eigenvalue weighted by Gasteiger charge is 2.15. The van der Waals surface area contributed by atoms with E-state index >= 15 is 0 Å². The van der Waals surface area contributed by atoms with Crippen molar-refractivity contribution in [2.45, 2.75) is 13.3 Å². The fourth-order valence-corrected chi connectivity index (χ4v) is 0.919. The Balaban J connectivity index is 4.36. The van der Waals surface area contributed by atoms with Gasteiger partial charge in [-0.2, -0.15) is 0 Å². The number of hydrogen-bond acceptors (Lipinski definition) is 3. The molecule has 4 heteroatoms. The molecule has 0 N–H and O–H groups in total. The summed E-state index contributed by atoms with van der Waals surface area (Å²) in [5.74, 6) is 7.63. The molecule has 3 nitrogen and oxygen atoms in total. The highest BCUT2D eigenvalue weighted by molar-refractivity contribution is 7.59. The van der Waals surface area contributed by atoms with E-state index in [9.17, 15) is 4.57 Å². The third kappa shape index (κ3) is 4.21. The van der Waals surface area contributed by atoms with Gasteiger partial charge >= 0.3 is 7.60 Å². The fourth-order valence-electron chi connectivity index (χ4n) is 0.395. The van der Waals surface area contributed by atoms with Gasteiger partial charge in [-0.25, -0.2) is 4.57 Å². The average Bonchev–Trinajstić information content (AvgIpc) is 2.12. The van der Waals surface area contributed by atoms with Gasteiger partial charge in [0.05, 0.1) is 0 Å². The summed E-state index contributed by atoms with van der Waals surface area (Å²) < 4.78 is 20.3. The van der Waals surface area contributed by atoms with Crippen LogP contribution in [0.25, 0.3) is 0 Å². The Morgan fingerprint density at radius 1 is 1.25 bits per heavy atom. The first kappa shape index (κ1) is 11.3. The molecule has 0 atom stereocenters. The zero-order chi connectivity index (χ0) is 9.45. The maximum atomic E-state index is 11.2. The van der Waals surface area contributed by atoms with Gasteiger partial charge in [-0.05, 0) is 11.8 Å². The van der Waals surface area contributed by atoms with Crippen LogP contribution in [0.5, 0.6) is 0 Å². The Morgan fingerprint density at radius 2 is 1.83 bits per heavy atom. The Bertz CT molecular complexity index is 279. The first-order valence-electron chi connectivity index (χ1n) is 3.40. The maximum Gasteiger partial charge on any atom is 0.406 e. The summed E-state index contributed by atoms with van der Waals surface area (Å²) in [5, 5.41) is 0. The molecule has 0 aliphatic rings. The van der Waals surface area contributed by atoms with Gasteiger partial charge in [0.15, 0.2) is 0 Å². The minimum atomic E-state index is -3.18. The van der Waals surface area contributed by atoms with Crippen molar-refractivity contribution in [1.82, 2.24) is 0 Å². The summed E-state index contributed by atoms with van der Waals surface area (Å²) in [6.07, 6.45) is 0.721. The van der Waals surface area contributed by atoms with Gasteiger partial charge in [0.1, 0.15) is 0 Å². The van der Waals surface area contributed by atoms with Crippen LogP contribution >= 0.6 is 7.60 Å². The van der Waals surface area contributed by atoms with Gasteiger partial charge in [-0.3, -0.25) is 0 Å². The molecule has 0 amide bonds. The summed E-state index contributed by atoms with van der Waals surface area (Å²) in [4.78, 5) is 0. The van der Waals surface area contributed by atoms with Crippen LogP contribution in [-0.2, 0) is 13.6 Å². The van der Waals surface area contributed by atoms with Crippen LogP contribution in [0.1, 0.15) is 13.3 Å². The van der Waals surface area contributed by atoms with E-state index in [4.69, 9.17) is 0 Å². The summed E-state index contributed by atoms with van der Waals surface area (Å²) in [6.45, 7) is 1.90. The van der Waals surface area contributed by atoms with Gasteiger partial charge in [-0.1, -0.05) is 12.8 Å². The lowest BCUT2D eigenvalue weighted by Gasteiger charge is -2.03. The van der Waals surface area contributed by atoms with Crippen molar-refractivity contribution in [2.24, 2.45) is 0 Å². The SMILES string of the molecule is CCC#CC#CP(=O)(OC)OC. The van der Waals surface area contributed by atoms with E-state index in [0.29, 0.717) is 0 Å². The molecule has 66 valence electrons. The minimum absolute atomic E-state index is 0.721. The molecule has 0 aromatic heterocycles. The molecule has 0 spiro atoms. The van der Waals surface area contributed by atoms with E-state index in [2.05, 4.69) is 32.5 Å². The molecule has 0 heterocycles. The molecule has 0 aliphatic heterocycles. The molecule has 0 rings (SSSR count). The van der Waals surface area contributed by atoms with Gasteiger partial charge in [0.2, 0.25) is 0 Å². The van der Waals surface area contributed by atoms with Crippen molar-refractivity contribution >= 4 is 7.60 Å². The van der Waals surface area contributed by atoms with E-state index < -0.39 is 7.60 Å². The maximum absolute atomic E-state index is 11.2. The summed E-state index contributed by atoms with van der Waals surface area (Å²) >= 11 is 0. The molecule has 0 aliphatic carbocycles. The highest BCUT2D eigenvalue weighted by atomic mass is 31.2. The molecule has 0 aromatic carbocycles. The second kappa shape index (κ2) is 5.86. The second-order valence-corrected chi connectivity index (χ2v) is 3.70. The van der Waals surface area contributed by atoms with Crippen molar-refractivity contribution in [2.75, 3.05) is 14.2 Å². The van der Waals surface area contributed by atoms with Crippen LogP contribution in [0.2, 0.25) is 0 Å². The standard InChI is InChI=1S/C8H11O3P/c1-4-5-6-7-8-12(9,10-2)11-3/h4H2,1-3H3. The Labute approximate surface area is 73.0 Å². The van der Waals surface area contributed by atoms with Gasteiger partial charge in [-0.15, -0.1) is 0 Å². The monoisotopic (exact) mass is 186 g/mol. The summed E-state index contributed by atoms with van der Waals surface area (Å²) in [6, 6.07) is 0. The third-order valence-corrected chi connectivity index (χ3v) is 2.35. The molecule has 0 aromatic rings. The first-order valence-corrected chi connectivity index (χ1v) is 4.94. The molecule has 0 radical (unpaired) electrons. The zero-order valence-corrected chi connectivity index (χ0v) is 8.27. The number of hydrogen-bond donors (Lipinski definition) is 0. The highest BCUT2D eigenvalue weighted by Crippen LogP contribution is 2.44. The molecular weight excluding hydrogens is 175 g/mol. The summed E-state index contributed by atoms with van der Waals surface area (Å²) in [7, 11) is -0.617. The van der Waals surface area contributed by atoms with Crippen LogP contribution in [0.3, 0.4) is 0 Å². The molecule has 0 saturated carbocycles. The van der Waals surface area contributed by atoms with Gasteiger partial charge < -0.3 is 9.05 Å². The topological polar surface area (TPSA) is 35.5 Å². The molecule has 0 saturated heterocycles. The molecule has 0 fully saturated rings. The van der Waals surface area contributed by atoms with Crippen LogP contribution in [0.4, 0.5) is 0 Å². The van der Waals surface area contributed by atoms with E-state index in [-0.39, 0.29) is 0 Å². The van der Waals surface area contributed by atoms with Crippen molar-refractivity contribution < 1.29 is 13.6 Å². The van der Waals surface area contributed by atoms with Crippen LogP contribution < -0.4 is 0 Å². The lowest BCUT2D eigenvalue weighted by molar-refractivity contribution is 0.288. The van der Waals surface area contributed by atoms with E-state index in [1.54, 1.807) is 0 Å². The lowest BCUT2D eigenvalue weighted by atomic mass is 10.5. The minimum Gasteiger partial charge on any atom is -0.303 e. The van der Waals surface area contributed by atoms with E-state index in [1.807, 2.05) is 6.92 Å². The van der Waals surface area contributed by atoms with Gasteiger partial charge in [0.25, 0.3) is 0 Å². The zero-order valence-electron chi connectivity index (χ0n) is 7.38. The number of rotatable bonds is 2. The van der Waals surface area contributed by atoms with E-state index in [0.717, 1.165) is 6.42 Å². The lowest BCUT2D eigenvalue weighted by Crippen LogP contribution is -1.83. The quantitative estimate of drug-likeness (QED) is 0.487. The Kier molecular flexibility index (Phi) is 5.51. The summed E-state index contributed by atoms with van der Waals surface area (Å²) in [5.41, 5.74) is 2.32. The van der Waals surface area contributed by atoms with Crippen molar-refractivity contribution in [3.8, 4) is 23.4 Å². The molecular formula is C8H11O3P. The van der Waals surface area contributed by atoms with Crippen molar-refractivity contribution in [3.63, 3.8) is 0 Å². The van der Waals surface area contributed by atoms with Crippen molar-refractivity contribution in [3.05, 3.63) is 0 Å². The first-order chi connectivity index (χ1) is 5.68. The van der Waals surface area contributed by atoms with Gasteiger partial charge in [0, 0.05) is 26.3 Å². The predicted octanol–water partition coefficient (Wildman–Crippen LogP) is 1.85. The molecule has 0 unspecified atom stereocenters. The largest absolute Gasteiger partial charge is 0.406 e. The smallest absolute Gasteiger partial charge is 0.303 e. The van der Waals surface area contributed by atoms with Crippen LogP contribution in [-0.4, -0.2) is 14.2 Å². The molecule has 0 bridgehead atoms. The third-order valence-electron chi connectivity index (χ3n) is 1.00. The van der Waals surface area contributed by atoms with Crippen LogP contribution in [0, 0.1) is 23.4 Å².